The van der Waals surface area contributed by atoms with Crippen LogP contribution >= 0.6 is 0 Å². The van der Waals surface area contributed by atoms with Crippen LogP contribution in [0.25, 0.3) is 0 Å². The number of ether oxygens (including phenoxy) is 1. The molecule has 1 unspecified atom stereocenters. The lowest BCUT2D eigenvalue weighted by Gasteiger charge is -2.22. The van der Waals surface area contributed by atoms with Crippen molar-refractivity contribution >= 4 is 5.97 Å². The summed E-state index contributed by atoms with van der Waals surface area (Å²) < 4.78 is 5.16. The Labute approximate surface area is 79.6 Å². The van der Waals surface area contributed by atoms with Gasteiger partial charge < -0.3 is 10.5 Å². The fraction of sp³-hybridized carbons (Fsp3) is 0.900. The smallest absolute Gasteiger partial charge is 0.323 e. The average molecular weight is 185 g/mol. The fourth-order valence-electron chi connectivity index (χ4n) is 1.19. The Bertz CT molecular complexity index is 192. The molecule has 0 radical (unpaired) electrons. The van der Waals surface area contributed by atoms with Gasteiger partial charge in [0.25, 0.3) is 0 Å². The van der Waals surface area contributed by atoms with Crippen molar-refractivity contribution in [2.75, 3.05) is 0 Å². The van der Waals surface area contributed by atoms with Gasteiger partial charge in [0.05, 0.1) is 0 Å². The largest absolute Gasteiger partial charge is 0.459 e. The first-order chi connectivity index (χ1) is 5.88. The minimum atomic E-state index is -0.424. The second-order valence-electron chi connectivity index (χ2n) is 4.82. The summed E-state index contributed by atoms with van der Waals surface area (Å²) in [5.74, 6) is 0.405. The monoisotopic (exact) mass is 185 g/mol. The summed E-state index contributed by atoms with van der Waals surface area (Å²) in [4.78, 5) is 11.4. The van der Waals surface area contributed by atoms with Crippen molar-refractivity contribution in [3.63, 3.8) is 0 Å². The topological polar surface area (TPSA) is 52.3 Å². The van der Waals surface area contributed by atoms with Crippen LogP contribution in [0.2, 0.25) is 0 Å². The molecule has 76 valence electrons. The van der Waals surface area contributed by atoms with Gasteiger partial charge in [-0.15, -0.1) is 0 Å². The van der Waals surface area contributed by atoms with Gasteiger partial charge in [0.1, 0.15) is 11.6 Å². The SMILES string of the molecule is CC(C)(C)OC(=O)C(N)CC1CC1. The van der Waals surface area contributed by atoms with E-state index in [0.29, 0.717) is 5.92 Å². The zero-order valence-electron chi connectivity index (χ0n) is 8.67. The zero-order valence-corrected chi connectivity index (χ0v) is 8.67. The molecule has 1 fully saturated rings. The Morgan fingerprint density at radius 3 is 2.46 bits per heavy atom. The van der Waals surface area contributed by atoms with Crippen molar-refractivity contribution in [1.82, 2.24) is 0 Å². The molecule has 0 aromatic carbocycles. The minimum absolute atomic E-state index is 0.264. The molecule has 0 spiro atoms. The summed E-state index contributed by atoms with van der Waals surface area (Å²) in [5, 5.41) is 0. The molecule has 0 bridgehead atoms. The van der Waals surface area contributed by atoms with E-state index in [-0.39, 0.29) is 5.97 Å². The molecule has 1 saturated carbocycles. The fourth-order valence-corrected chi connectivity index (χ4v) is 1.19. The molecule has 0 aliphatic heterocycles. The molecule has 0 heterocycles. The van der Waals surface area contributed by atoms with Gasteiger partial charge in [0, 0.05) is 0 Å². The van der Waals surface area contributed by atoms with Gasteiger partial charge >= 0.3 is 5.97 Å². The maximum absolute atomic E-state index is 11.4. The van der Waals surface area contributed by atoms with E-state index >= 15 is 0 Å². The molecule has 3 heteroatoms. The van der Waals surface area contributed by atoms with E-state index in [1.165, 1.54) is 12.8 Å². The van der Waals surface area contributed by atoms with Crippen LogP contribution in [0.3, 0.4) is 0 Å². The Morgan fingerprint density at radius 1 is 1.54 bits per heavy atom. The lowest BCUT2D eigenvalue weighted by Crippen LogP contribution is -2.37. The van der Waals surface area contributed by atoms with Crippen molar-refractivity contribution in [2.45, 2.75) is 51.7 Å². The van der Waals surface area contributed by atoms with Crippen LogP contribution < -0.4 is 5.73 Å². The van der Waals surface area contributed by atoms with Crippen LogP contribution in [0.1, 0.15) is 40.0 Å². The van der Waals surface area contributed by atoms with Crippen molar-refractivity contribution in [3.05, 3.63) is 0 Å². The Balaban J connectivity index is 2.28. The molecule has 1 aliphatic rings. The predicted molar refractivity (Wildman–Crippen MR) is 51.2 cm³/mol. The van der Waals surface area contributed by atoms with E-state index in [0.717, 1.165) is 6.42 Å². The maximum atomic E-state index is 11.4. The average Bonchev–Trinajstić information content (AvgIpc) is 2.67. The van der Waals surface area contributed by atoms with Crippen LogP contribution in [0.15, 0.2) is 0 Å². The van der Waals surface area contributed by atoms with Gasteiger partial charge in [-0.1, -0.05) is 12.8 Å². The highest BCUT2D eigenvalue weighted by Crippen LogP contribution is 2.33. The molecule has 1 rings (SSSR count). The quantitative estimate of drug-likeness (QED) is 0.677. The maximum Gasteiger partial charge on any atom is 0.323 e. The van der Waals surface area contributed by atoms with Crippen molar-refractivity contribution in [2.24, 2.45) is 11.7 Å². The van der Waals surface area contributed by atoms with E-state index in [1.807, 2.05) is 20.8 Å². The molecule has 3 nitrogen and oxygen atoms in total. The van der Waals surface area contributed by atoms with Crippen LogP contribution in [0.4, 0.5) is 0 Å². The normalized spacial score (nSPS) is 19.7. The number of carbonyl (C=O) groups is 1. The Hall–Kier alpha value is -0.570. The third-order valence-electron chi connectivity index (χ3n) is 1.99. The second kappa shape index (κ2) is 3.66. The van der Waals surface area contributed by atoms with Gasteiger partial charge in [-0.05, 0) is 33.1 Å². The molecule has 0 aromatic rings. The summed E-state index contributed by atoms with van der Waals surface area (Å²) in [6, 6.07) is -0.424. The highest BCUT2D eigenvalue weighted by atomic mass is 16.6. The molecule has 0 aromatic heterocycles. The van der Waals surface area contributed by atoms with Gasteiger partial charge in [-0.25, -0.2) is 0 Å². The first-order valence-electron chi connectivity index (χ1n) is 4.87. The number of carbonyl (C=O) groups excluding carboxylic acids is 1. The van der Waals surface area contributed by atoms with Gasteiger partial charge in [-0.3, -0.25) is 4.79 Å². The molecule has 1 aliphatic carbocycles. The zero-order chi connectivity index (χ0) is 10.1. The van der Waals surface area contributed by atoms with Crippen LogP contribution in [-0.4, -0.2) is 17.6 Å². The van der Waals surface area contributed by atoms with Crippen LogP contribution in [-0.2, 0) is 9.53 Å². The Morgan fingerprint density at radius 2 is 2.08 bits per heavy atom. The molecular formula is C10H19NO2. The van der Waals surface area contributed by atoms with Crippen LogP contribution in [0, 0.1) is 5.92 Å². The summed E-state index contributed by atoms with van der Waals surface area (Å²) in [7, 11) is 0. The van der Waals surface area contributed by atoms with Gasteiger partial charge in [-0.2, -0.15) is 0 Å². The second-order valence-corrected chi connectivity index (χ2v) is 4.82. The lowest BCUT2D eigenvalue weighted by atomic mass is 10.1. The van der Waals surface area contributed by atoms with E-state index in [4.69, 9.17) is 10.5 Å². The highest BCUT2D eigenvalue weighted by Gasteiger charge is 2.29. The molecule has 13 heavy (non-hydrogen) atoms. The van der Waals surface area contributed by atoms with E-state index in [1.54, 1.807) is 0 Å². The standard InChI is InChI=1S/C10H19NO2/c1-10(2,3)13-9(12)8(11)6-7-4-5-7/h7-8H,4-6,11H2,1-3H3. The summed E-state index contributed by atoms with van der Waals surface area (Å²) in [6.07, 6.45) is 3.22. The number of rotatable bonds is 3. The van der Waals surface area contributed by atoms with E-state index in [9.17, 15) is 4.79 Å². The first kappa shape index (κ1) is 10.5. The highest BCUT2D eigenvalue weighted by molar-refractivity contribution is 5.75. The minimum Gasteiger partial charge on any atom is -0.459 e. The molecule has 2 N–H and O–H groups in total. The first-order valence-corrected chi connectivity index (χ1v) is 4.87. The van der Waals surface area contributed by atoms with Gasteiger partial charge in [0.2, 0.25) is 0 Å². The molecule has 0 saturated heterocycles. The lowest BCUT2D eigenvalue weighted by molar-refractivity contribution is -0.156. The van der Waals surface area contributed by atoms with E-state index < -0.39 is 11.6 Å². The summed E-state index contributed by atoms with van der Waals surface area (Å²) in [5.41, 5.74) is 5.27. The number of hydrogen-bond acceptors (Lipinski definition) is 3. The van der Waals surface area contributed by atoms with Gasteiger partial charge in [0.15, 0.2) is 0 Å². The third-order valence-corrected chi connectivity index (χ3v) is 1.99. The third kappa shape index (κ3) is 4.27. The number of esters is 1. The van der Waals surface area contributed by atoms with Crippen molar-refractivity contribution < 1.29 is 9.53 Å². The summed E-state index contributed by atoms with van der Waals surface area (Å²) >= 11 is 0. The molecule has 0 amide bonds. The predicted octanol–water partition coefficient (Wildman–Crippen LogP) is 1.46. The number of hydrogen-bond donors (Lipinski definition) is 1. The van der Waals surface area contributed by atoms with Crippen LogP contribution in [0.5, 0.6) is 0 Å². The van der Waals surface area contributed by atoms with Crippen molar-refractivity contribution in [1.29, 1.82) is 0 Å². The molecular weight excluding hydrogens is 166 g/mol. The summed E-state index contributed by atoms with van der Waals surface area (Å²) in [6.45, 7) is 5.57. The Kier molecular flexibility index (Phi) is 2.96. The van der Waals surface area contributed by atoms with E-state index in [2.05, 4.69) is 0 Å². The van der Waals surface area contributed by atoms with Crippen molar-refractivity contribution in [3.8, 4) is 0 Å². The number of nitrogens with two attached hydrogens (primary N) is 1. The molecule has 1 atom stereocenters.